The summed E-state index contributed by atoms with van der Waals surface area (Å²) >= 11 is 3.47. The van der Waals surface area contributed by atoms with Crippen molar-refractivity contribution < 1.29 is 5.11 Å². The fourth-order valence-corrected chi connectivity index (χ4v) is 1.90. The Kier molecular flexibility index (Phi) is 2.83. The maximum atomic E-state index is 9.87. The van der Waals surface area contributed by atoms with Crippen molar-refractivity contribution in [3.8, 4) is 0 Å². The Morgan fingerprint density at radius 1 is 1.15 bits per heavy atom. The van der Waals surface area contributed by atoms with Crippen molar-refractivity contribution in [2.45, 2.75) is 33.3 Å². The Morgan fingerprint density at radius 3 is 2.15 bits per heavy atom. The van der Waals surface area contributed by atoms with E-state index >= 15 is 0 Å². The van der Waals surface area contributed by atoms with Crippen LogP contribution in [0.2, 0.25) is 0 Å². The van der Waals surface area contributed by atoms with Crippen LogP contribution in [0.1, 0.15) is 30.5 Å². The molecule has 1 aromatic carbocycles. The zero-order valence-corrected chi connectivity index (χ0v) is 10.1. The van der Waals surface area contributed by atoms with Gasteiger partial charge in [0.2, 0.25) is 0 Å². The van der Waals surface area contributed by atoms with Crippen LogP contribution in [0.5, 0.6) is 0 Å². The topological polar surface area (TPSA) is 20.2 Å². The molecule has 0 heterocycles. The summed E-state index contributed by atoms with van der Waals surface area (Å²) in [5.41, 5.74) is 2.51. The molecule has 0 radical (unpaired) electrons. The van der Waals surface area contributed by atoms with Crippen LogP contribution in [-0.2, 0) is 5.60 Å². The molecular formula is C11H15BrO. The van der Waals surface area contributed by atoms with Crippen LogP contribution in [0.3, 0.4) is 0 Å². The van der Waals surface area contributed by atoms with Gasteiger partial charge in [0.25, 0.3) is 0 Å². The molecule has 0 aromatic heterocycles. The van der Waals surface area contributed by atoms with E-state index in [4.69, 9.17) is 0 Å². The molecule has 0 aliphatic carbocycles. The predicted octanol–water partition coefficient (Wildman–Crippen LogP) is 3.29. The van der Waals surface area contributed by atoms with Gasteiger partial charge in [0.15, 0.2) is 0 Å². The van der Waals surface area contributed by atoms with Gasteiger partial charge in [0.1, 0.15) is 0 Å². The summed E-state index contributed by atoms with van der Waals surface area (Å²) < 4.78 is 1.10. The van der Waals surface area contributed by atoms with Gasteiger partial charge in [0.05, 0.1) is 5.60 Å². The van der Waals surface area contributed by atoms with E-state index in [2.05, 4.69) is 15.9 Å². The third-order valence-corrected chi connectivity index (χ3v) is 3.02. The summed E-state index contributed by atoms with van der Waals surface area (Å²) in [6.45, 7) is 7.65. The summed E-state index contributed by atoms with van der Waals surface area (Å²) in [7, 11) is 0. The Hall–Kier alpha value is -0.340. The van der Waals surface area contributed by atoms with Crippen molar-refractivity contribution in [3.63, 3.8) is 0 Å². The predicted molar refractivity (Wildman–Crippen MR) is 58.9 cm³/mol. The molecule has 1 N–H and O–H groups in total. The van der Waals surface area contributed by atoms with Gasteiger partial charge in [-0.2, -0.15) is 0 Å². The van der Waals surface area contributed by atoms with Gasteiger partial charge in [-0.25, -0.2) is 0 Å². The average molecular weight is 243 g/mol. The minimum Gasteiger partial charge on any atom is -0.386 e. The van der Waals surface area contributed by atoms with Crippen LogP contribution in [-0.4, -0.2) is 5.11 Å². The number of aliphatic hydroxyl groups is 1. The van der Waals surface area contributed by atoms with Gasteiger partial charge < -0.3 is 5.11 Å². The highest BCUT2D eigenvalue weighted by atomic mass is 79.9. The lowest BCUT2D eigenvalue weighted by Gasteiger charge is -2.21. The third-order valence-electron chi connectivity index (χ3n) is 2.16. The molecule has 72 valence electrons. The second-order valence-corrected chi connectivity index (χ2v) is 4.83. The largest absolute Gasteiger partial charge is 0.386 e. The first-order chi connectivity index (χ1) is 5.82. The maximum Gasteiger partial charge on any atom is 0.0843 e. The van der Waals surface area contributed by atoms with Crippen molar-refractivity contribution in [1.29, 1.82) is 0 Å². The van der Waals surface area contributed by atoms with E-state index in [0.29, 0.717) is 0 Å². The molecule has 2 heteroatoms. The molecule has 0 saturated carbocycles. The highest BCUT2D eigenvalue weighted by Crippen LogP contribution is 2.28. The molecule has 0 aliphatic heterocycles. The van der Waals surface area contributed by atoms with Gasteiger partial charge >= 0.3 is 0 Å². The lowest BCUT2D eigenvalue weighted by atomic mass is 9.92. The molecule has 0 unspecified atom stereocenters. The molecule has 0 bridgehead atoms. The molecule has 0 amide bonds. The van der Waals surface area contributed by atoms with Gasteiger partial charge in [-0.3, -0.25) is 0 Å². The lowest BCUT2D eigenvalue weighted by Crippen LogP contribution is -2.17. The van der Waals surface area contributed by atoms with E-state index < -0.39 is 5.60 Å². The molecule has 0 saturated heterocycles. The van der Waals surface area contributed by atoms with Crippen LogP contribution in [0.4, 0.5) is 0 Å². The molecule has 1 aromatic rings. The highest BCUT2D eigenvalue weighted by molar-refractivity contribution is 9.10. The summed E-state index contributed by atoms with van der Waals surface area (Å²) in [6.07, 6.45) is 0. The number of hydrogen-bond acceptors (Lipinski definition) is 1. The third kappa shape index (κ3) is 2.32. The quantitative estimate of drug-likeness (QED) is 0.802. The molecule has 1 rings (SSSR count). The van der Waals surface area contributed by atoms with E-state index in [9.17, 15) is 5.11 Å². The van der Waals surface area contributed by atoms with Crippen molar-refractivity contribution in [3.05, 3.63) is 33.3 Å². The number of hydrogen-bond donors (Lipinski definition) is 1. The Balaban J connectivity index is 3.32. The molecule has 1 nitrogen and oxygen atoms in total. The minimum absolute atomic E-state index is 0.754. The van der Waals surface area contributed by atoms with E-state index in [0.717, 1.165) is 21.2 Å². The van der Waals surface area contributed by atoms with Crippen LogP contribution < -0.4 is 0 Å². The zero-order valence-electron chi connectivity index (χ0n) is 8.48. The normalized spacial score (nSPS) is 11.8. The molecular weight excluding hydrogens is 228 g/mol. The fraction of sp³-hybridized carbons (Fsp3) is 0.455. The van der Waals surface area contributed by atoms with Crippen molar-refractivity contribution in [2.24, 2.45) is 0 Å². The van der Waals surface area contributed by atoms with Gasteiger partial charge in [-0.05, 0) is 50.5 Å². The first-order valence-corrected chi connectivity index (χ1v) is 5.11. The summed E-state index contributed by atoms with van der Waals surface area (Å²) in [5, 5.41) is 9.87. The molecule has 0 fully saturated rings. The second kappa shape index (κ2) is 3.43. The Morgan fingerprint density at radius 2 is 1.69 bits per heavy atom. The van der Waals surface area contributed by atoms with Crippen molar-refractivity contribution >= 4 is 15.9 Å². The van der Waals surface area contributed by atoms with Gasteiger partial charge in [0, 0.05) is 4.47 Å². The van der Waals surface area contributed by atoms with Crippen LogP contribution in [0.15, 0.2) is 16.6 Å². The van der Waals surface area contributed by atoms with Gasteiger partial charge in [-0.15, -0.1) is 0 Å². The smallest absolute Gasteiger partial charge is 0.0843 e. The molecule has 0 aliphatic rings. The monoisotopic (exact) mass is 242 g/mol. The Bertz CT molecular complexity index is 324. The van der Waals surface area contributed by atoms with Crippen molar-refractivity contribution in [2.75, 3.05) is 0 Å². The fourth-order valence-electron chi connectivity index (χ4n) is 1.44. The number of aryl methyl sites for hydroxylation is 2. The zero-order chi connectivity index (χ0) is 10.2. The Labute approximate surface area is 87.9 Å². The van der Waals surface area contributed by atoms with Crippen LogP contribution in [0.25, 0.3) is 0 Å². The standard InChI is InChI=1S/C11H15BrO/c1-7-6-10(12)8(2)5-9(7)11(3,4)13/h5-6,13H,1-4H3. The summed E-state index contributed by atoms with van der Waals surface area (Å²) in [6, 6.07) is 4.07. The molecule has 0 spiro atoms. The van der Waals surface area contributed by atoms with E-state index in [1.54, 1.807) is 0 Å². The van der Waals surface area contributed by atoms with E-state index in [1.165, 1.54) is 0 Å². The first-order valence-electron chi connectivity index (χ1n) is 4.32. The maximum absolute atomic E-state index is 9.87. The SMILES string of the molecule is Cc1cc(C(C)(C)O)c(C)cc1Br. The van der Waals surface area contributed by atoms with Crippen molar-refractivity contribution in [1.82, 2.24) is 0 Å². The number of halogens is 1. The summed E-state index contributed by atoms with van der Waals surface area (Å²) in [4.78, 5) is 0. The first kappa shape index (κ1) is 10.7. The lowest BCUT2D eigenvalue weighted by molar-refractivity contribution is 0.0778. The van der Waals surface area contributed by atoms with E-state index in [-0.39, 0.29) is 0 Å². The number of benzene rings is 1. The second-order valence-electron chi connectivity index (χ2n) is 3.98. The van der Waals surface area contributed by atoms with E-state index in [1.807, 2.05) is 39.8 Å². The van der Waals surface area contributed by atoms with Gasteiger partial charge in [-0.1, -0.05) is 22.0 Å². The van der Waals surface area contributed by atoms with Crippen LogP contribution >= 0.6 is 15.9 Å². The highest BCUT2D eigenvalue weighted by Gasteiger charge is 2.18. The summed E-state index contributed by atoms with van der Waals surface area (Å²) in [5.74, 6) is 0. The number of rotatable bonds is 1. The molecule has 13 heavy (non-hydrogen) atoms. The minimum atomic E-state index is -0.754. The molecule has 0 atom stereocenters. The average Bonchev–Trinajstić information content (AvgIpc) is 1.94. The van der Waals surface area contributed by atoms with Crippen LogP contribution in [0, 0.1) is 13.8 Å².